The zero-order chi connectivity index (χ0) is 12.6. The van der Waals surface area contributed by atoms with Crippen LogP contribution in [-0.4, -0.2) is 18.3 Å². The number of hydrogen-bond acceptors (Lipinski definition) is 3. The zero-order valence-electron chi connectivity index (χ0n) is 10.5. The maximum atomic E-state index is 9.81. The summed E-state index contributed by atoms with van der Waals surface area (Å²) in [6.45, 7) is 13.4. The molecule has 0 amide bonds. The second-order valence-electron chi connectivity index (χ2n) is 1.48. The van der Waals surface area contributed by atoms with Crippen molar-refractivity contribution in [2.75, 3.05) is 0 Å². The molecule has 0 aliphatic heterocycles. The van der Waals surface area contributed by atoms with Crippen LogP contribution in [-0.2, 0) is 9.59 Å². The molecule has 0 aliphatic rings. The SMILES string of the molecule is CC.CC.CC.CC(=N)C(C=O)C=O. The summed E-state index contributed by atoms with van der Waals surface area (Å²) in [5.74, 6) is -0.824. The maximum absolute atomic E-state index is 9.81. The summed E-state index contributed by atoms with van der Waals surface area (Å²) in [4.78, 5) is 19.6. The molecule has 0 saturated heterocycles. The van der Waals surface area contributed by atoms with E-state index in [9.17, 15) is 9.59 Å². The summed E-state index contributed by atoms with van der Waals surface area (Å²) in [6, 6.07) is 0. The summed E-state index contributed by atoms with van der Waals surface area (Å²) in [7, 11) is 0. The molecule has 0 bridgehead atoms. The first-order valence-electron chi connectivity index (χ1n) is 5.18. The number of nitrogens with one attached hydrogen (secondary N) is 1. The molecule has 3 heteroatoms. The molecule has 0 atom stereocenters. The van der Waals surface area contributed by atoms with Crippen molar-refractivity contribution in [3.8, 4) is 0 Å². The minimum Gasteiger partial charge on any atom is -0.309 e. The Balaban J connectivity index is -0.0000000708. The lowest BCUT2D eigenvalue weighted by Gasteiger charge is -1.93. The van der Waals surface area contributed by atoms with Gasteiger partial charge in [0.25, 0.3) is 0 Å². The van der Waals surface area contributed by atoms with Gasteiger partial charge in [-0.05, 0) is 6.92 Å². The van der Waals surface area contributed by atoms with Gasteiger partial charge in [0.05, 0.1) is 0 Å². The van der Waals surface area contributed by atoms with Crippen molar-refractivity contribution in [3.63, 3.8) is 0 Å². The zero-order valence-corrected chi connectivity index (χ0v) is 10.5. The molecule has 0 aromatic carbocycles. The quantitative estimate of drug-likeness (QED) is 0.435. The monoisotopic (exact) mass is 203 g/mol. The third-order valence-electron chi connectivity index (χ3n) is 0.793. The Hall–Kier alpha value is -0.990. The first-order valence-corrected chi connectivity index (χ1v) is 5.18. The van der Waals surface area contributed by atoms with Crippen LogP contribution < -0.4 is 0 Å². The van der Waals surface area contributed by atoms with Gasteiger partial charge in [-0.3, -0.25) is 0 Å². The lowest BCUT2D eigenvalue weighted by molar-refractivity contribution is -0.116. The maximum Gasteiger partial charge on any atom is 0.135 e. The molecule has 86 valence electrons. The standard InChI is InChI=1S/C5H7NO2.3C2H6/c1-4(6)5(2-7)3-8;3*1-2/h2-3,5-6H,1H3;3*1-2H3. The van der Waals surface area contributed by atoms with Crippen LogP contribution in [0.4, 0.5) is 0 Å². The van der Waals surface area contributed by atoms with E-state index in [1.807, 2.05) is 41.5 Å². The third-order valence-corrected chi connectivity index (χ3v) is 0.793. The second kappa shape index (κ2) is 29.6. The highest BCUT2D eigenvalue weighted by atomic mass is 16.1. The van der Waals surface area contributed by atoms with Gasteiger partial charge >= 0.3 is 0 Å². The first-order chi connectivity index (χ1) is 6.72. The van der Waals surface area contributed by atoms with Gasteiger partial charge in [0.1, 0.15) is 18.5 Å². The molecule has 14 heavy (non-hydrogen) atoms. The molecule has 0 aliphatic carbocycles. The van der Waals surface area contributed by atoms with Gasteiger partial charge in [-0.25, -0.2) is 0 Å². The lowest BCUT2D eigenvalue weighted by atomic mass is 10.1. The molecule has 0 radical (unpaired) electrons. The van der Waals surface area contributed by atoms with Crippen molar-refractivity contribution < 1.29 is 9.59 Å². The van der Waals surface area contributed by atoms with Crippen LogP contribution >= 0.6 is 0 Å². The number of carbonyl (C=O) groups excluding carboxylic acids is 2. The number of aldehydes is 2. The van der Waals surface area contributed by atoms with Gasteiger partial charge in [0.2, 0.25) is 0 Å². The van der Waals surface area contributed by atoms with Gasteiger partial charge in [-0.1, -0.05) is 41.5 Å². The highest BCUT2D eigenvalue weighted by Gasteiger charge is 2.05. The minimum absolute atomic E-state index is 0.0926. The minimum atomic E-state index is -0.824. The Morgan fingerprint density at radius 3 is 1.14 bits per heavy atom. The average molecular weight is 203 g/mol. The molecule has 0 saturated carbocycles. The number of rotatable bonds is 3. The molecule has 3 nitrogen and oxygen atoms in total. The summed E-state index contributed by atoms with van der Waals surface area (Å²) in [5, 5.41) is 6.79. The van der Waals surface area contributed by atoms with Crippen LogP contribution in [0, 0.1) is 11.3 Å². The van der Waals surface area contributed by atoms with E-state index in [1.165, 1.54) is 6.92 Å². The van der Waals surface area contributed by atoms with E-state index < -0.39 is 5.92 Å². The van der Waals surface area contributed by atoms with E-state index in [-0.39, 0.29) is 5.71 Å². The molecule has 0 fully saturated rings. The van der Waals surface area contributed by atoms with Crippen LogP contribution in [0.1, 0.15) is 48.5 Å². The van der Waals surface area contributed by atoms with E-state index in [4.69, 9.17) is 5.41 Å². The Bertz CT molecular complexity index is 114. The number of carbonyl (C=O) groups is 2. The van der Waals surface area contributed by atoms with Gasteiger partial charge in [0, 0.05) is 5.71 Å². The van der Waals surface area contributed by atoms with E-state index in [2.05, 4.69) is 0 Å². The molecule has 0 aromatic rings. The van der Waals surface area contributed by atoms with Crippen molar-refractivity contribution in [2.45, 2.75) is 48.5 Å². The Morgan fingerprint density at radius 2 is 1.14 bits per heavy atom. The molecular weight excluding hydrogens is 178 g/mol. The average Bonchev–Trinajstić information content (AvgIpc) is 2.28. The molecule has 0 unspecified atom stereocenters. The fourth-order valence-electron chi connectivity index (χ4n) is 0.236. The molecule has 1 N–H and O–H groups in total. The van der Waals surface area contributed by atoms with Crippen molar-refractivity contribution in [3.05, 3.63) is 0 Å². The van der Waals surface area contributed by atoms with Crippen LogP contribution in [0.2, 0.25) is 0 Å². The van der Waals surface area contributed by atoms with Crippen LogP contribution in [0.5, 0.6) is 0 Å². The highest BCUT2D eigenvalue weighted by molar-refractivity contribution is 6.06. The normalized spacial score (nSPS) is 6.29. The Morgan fingerprint density at radius 1 is 0.929 bits per heavy atom. The predicted octanol–water partition coefficient (Wildman–Crippen LogP) is 3.12. The fraction of sp³-hybridized carbons (Fsp3) is 0.727. The van der Waals surface area contributed by atoms with Crippen molar-refractivity contribution in [1.82, 2.24) is 0 Å². The van der Waals surface area contributed by atoms with Gasteiger partial charge in [-0.2, -0.15) is 0 Å². The summed E-state index contributed by atoms with van der Waals surface area (Å²) in [6.07, 6.45) is 0.907. The first kappa shape index (κ1) is 23.1. The highest BCUT2D eigenvalue weighted by Crippen LogP contribution is 1.86. The summed E-state index contributed by atoms with van der Waals surface area (Å²) >= 11 is 0. The van der Waals surface area contributed by atoms with E-state index >= 15 is 0 Å². The summed E-state index contributed by atoms with van der Waals surface area (Å²) in [5.41, 5.74) is 0.0926. The molecule has 0 aromatic heterocycles. The molecular formula is C11H25NO2. The van der Waals surface area contributed by atoms with Crippen LogP contribution in [0.25, 0.3) is 0 Å². The Kier molecular flexibility index (Phi) is 48.9. The molecule has 0 heterocycles. The van der Waals surface area contributed by atoms with Crippen LogP contribution in [0.3, 0.4) is 0 Å². The topological polar surface area (TPSA) is 58.0 Å². The molecule has 0 spiro atoms. The van der Waals surface area contributed by atoms with Gasteiger partial charge < -0.3 is 15.0 Å². The van der Waals surface area contributed by atoms with Crippen molar-refractivity contribution >= 4 is 18.3 Å². The van der Waals surface area contributed by atoms with Crippen molar-refractivity contribution in [1.29, 1.82) is 5.41 Å². The second-order valence-corrected chi connectivity index (χ2v) is 1.48. The van der Waals surface area contributed by atoms with E-state index in [0.717, 1.165) is 0 Å². The Labute approximate surface area is 88.4 Å². The third kappa shape index (κ3) is 22.5. The predicted molar refractivity (Wildman–Crippen MR) is 63.1 cm³/mol. The van der Waals surface area contributed by atoms with Gasteiger partial charge in [0.15, 0.2) is 0 Å². The van der Waals surface area contributed by atoms with E-state index in [1.54, 1.807) is 0 Å². The largest absolute Gasteiger partial charge is 0.309 e. The molecule has 0 rings (SSSR count). The lowest BCUT2D eigenvalue weighted by Crippen LogP contribution is -2.12. The fourth-order valence-corrected chi connectivity index (χ4v) is 0.236. The van der Waals surface area contributed by atoms with Crippen molar-refractivity contribution in [2.24, 2.45) is 5.92 Å². The summed E-state index contributed by atoms with van der Waals surface area (Å²) < 4.78 is 0. The number of hydrogen-bond donors (Lipinski definition) is 1. The van der Waals surface area contributed by atoms with Gasteiger partial charge in [-0.15, -0.1) is 0 Å². The van der Waals surface area contributed by atoms with Crippen LogP contribution in [0.15, 0.2) is 0 Å². The smallest absolute Gasteiger partial charge is 0.135 e. The van der Waals surface area contributed by atoms with E-state index in [0.29, 0.717) is 12.6 Å².